The second kappa shape index (κ2) is 12.8. The maximum atomic E-state index is 13.2. The normalized spacial score (nSPS) is 13.2. The highest BCUT2D eigenvalue weighted by Crippen LogP contribution is 2.35. The number of alkyl halides is 3. The summed E-state index contributed by atoms with van der Waals surface area (Å²) in [5.74, 6) is 0.424. The van der Waals surface area contributed by atoms with Gasteiger partial charge in [0.2, 0.25) is 0 Å². The van der Waals surface area contributed by atoms with Gasteiger partial charge in [-0.1, -0.05) is 96.1 Å². The van der Waals surface area contributed by atoms with Gasteiger partial charge in [-0.25, -0.2) is 4.98 Å². The van der Waals surface area contributed by atoms with Crippen molar-refractivity contribution in [2.45, 2.75) is 110 Å². The van der Waals surface area contributed by atoms with E-state index in [0.29, 0.717) is 17.0 Å². The van der Waals surface area contributed by atoms with Crippen molar-refractivity contribution in [3.05, 3.63) is 39.1 Å². The molecule has 1 aromatic carbocycles. The molecule has 0 amide bonds. The first-order valence-corrected chi connectivity index (χ1v) is 13.5. The van der Waals surface area contributed by atoms with Crippen molar-refractivity contribution in [1.82, 2.24) is 14.5 Å². The molecule has 4 nitrogen and oxygen atoms in total. The zero-order chi connectivity index (χ0) is 25.4. The molecule has 0 saturated carbocycles. The van der Waals surface area contributed by atoms with Crippen LogP contribution in [0.5, 0.6) is 0 Å². The minimum Gasteiger partial charge on any atom is -0.349 e. The number of hydrogen-bond donors (Lipinski definition) is 1. The Morgan fingerprint density at radius 3 is 2.14 bits per heavy atom. The summed E-state index contributed by atoms with van der Waals surface area (Å²) in [7, 11) is 0. The monoisotopic (exact) mass is 511 g/mol. The predicted molar refractivity (Wildman–Crippen MR) is 137 cm³/mol. The molecule has 194 valence electrons. The number of halogens is 4. The van der Waals surface area contributed by atoms with Gasteiger partial charge >= 0.3 is 6.18 Å². The molecule has 0 radical (unpaired) electrons. The van der Waals surface area contributed by atoms with Gasteiger partial charge in [0.25, 0.3) is 5.56 Å². The first kappa shape index (κ1) is 27.6. The number of fused-ring (bicyclic) bond motifs is 2. The molecule has 1 atom stereocenters. The van der Waals surface area contributed by atoms with Crippen LogP contribution in [-0.4, -0.2) is 14.5 Å². The van der Waals surface area contributed by atoms with Crippen LogP contribution >= 0.6 is 11.6 Å². The molecule has 0 aromatic heterocycles. The number of hydrogen-bond acceptors (Lipinski definition) is 2. The van der Waals surface area contributed by atoms with Crippen LogP contribution in [0.3, 0.4) is 0 Å². The average molecular weight is 512 g/mol. The number of benzene rings is 1. The van der Waals surface area contributed by atoms with Gasteiger partial charge in [0, 0.05) is 6.04 Å². The maximum Gasteiger partial charge on any atom is 0.416 e. The standard InChI is InChI=1S/C27H37ClF3N3O/c1-3-5-7-8-9-10-11-13-15-20(14-12-6-4-2)34-25-24(23(28)26(34)35)32-22-18-19(27(29,30)31)16-17-21(22)33-25/h16-18,20,32H,3-15H2,1-2H3. The number of H-pyrrole nitrogens is 1. The van der Waals surface area contributed by atoms with E-state index in [1.54, 1.807) is 4.57 Å². The molecule has 8 heteroatoms. The number of unbranched alkanes of at least 4 members (excludes halogenated alkanes) is 9. The van der Waals surface area contributed by atoms with E-state index < -0.39 is 11.7 Å². The van der Waals surface area contributed by atoms with Crippen LogP contribution in [0.25, 0.3) is 22.6 Å². The second-order valence-electron chi connectivity index (χ2n) is 9.57. The van der Waals surface area contributed by atoms with Crippen LogP contribution in [0.2, 0.25) is 5.02 Å². The SMILES string of the molecule is CCCCCCCCCCC(CCCCC)n1c2nc3ccc(C(F)(F)F)cc3[nH]c-2c(Cl)c1=O. The second-order valence-corrected chi connectivity index (χ2v) is 9.95. The van der Waals surface area contributed by atoms with Crippen LogP contribution in [0.1, 0.15) is 109 Å². The Morgan fingerprint density at radius 1 is 0.943 bits per heavy atom. The molecule has 0 saturated heterocycles. The van der Waals surface area contributed by atoms with E-state index in [9.17, 15) is 18.0 Å². The molecule has 3 rings (SSSR count). The third-order valence-electron chi connectivity index (χ3n) is 6.78. The molecule has 0 bridgehead atoms. The number of rotatable bonds is 14. The first-order valence-electron chi connectivity index (χ1n) is 13.1. The molecule has 2 aliphatic rings. The molecule has 1 unspecified atom stereocenters. The quantitative estimate of drug-likeness (QED) is 0.219. The lowest BCUT2D eigenvalue weighted by Gasteiger charge is -2.20. The van der Waals surface area contributed by atoms with Gasteiger partial charge in [0.1, 0.15) is 10.7 Å². The van der Waals surface area contributed by atoms with Crippen molar-refractivity contribution in [2.24, 2.45) is 0 Å². The lowest BCUT2D eigenvalue weighted by molar-refractivity contribution is -0.137. The fraction of sp³-hybridized carbons (Fsp3) is 0.630. The summed E-state index contributed by atoms with van der Waals surface area (Å²) in [6.07, 6.45) is 10.1. The number of nitrogens with one attached hydrogen (secondary N) is 1. The number of aromatic amines is 1. The van der Waals surface area contributed by atoms with Crippen LogP contribution in [0, 0.1) is 0 Å². The van der Waals surface area contributed by atoms with Crippen molar-refractivity contribution in [1.29, 1.82) is 0 Å². The van der Waals surface area contributed by atoms with Crippen LogP contribution in [0.4, 0.5) is 13.2 Å². The number of aromatic nitrogens is 3. The summed E-state index contributed by atoms with van der Waals surface area (Å²) >= 11 is 6.40. The lowest BCUT2D eigenvalue weighted by atomic mass is 10.0. The smallest absolute Gasteiger partial charge is 0.349 e. The van der Waals surface area contributed by atoms with Crippen LogP contribution < -0.4 is 5.56 Å². The van der Waals surface area contributed by atoms with Gasteiger partial charge in [-0.3, -0.25) is 9.36 Å². The van der Waals surface area contributed by atoms with Gasteiger partial charge in [-0.05, 0) is 31.0 Å². The minimum atomic E-state index is -4.46. The summed E-state index contributed by atoms with van der Waals surface area (Å²) in [6.45, 7) is 4.36. The molecule has 0 spiro atoms. The molecule has 0 aliphatic carbocycles. The predicted octanol–water partition coefficient (Wildman–Crippen LogP) is 9.15. The molecule has 2 aliphatic heterocycles. The van der Waals surface area contributed by atoms with Gasteiger partial charge in [0.15, 0.2) is 5.82 Å². The van der Waals surface area contributed by atoms with Crippen molar-refractivity contribution < 1.29 is 13.2 Å². The Balaban J connectivity index is 1.85. The topological polar surface area (TPSA) is 50.7 Å². The van der Waals surface area contributed by atoms with Crippen LogP contribution in [0.15, 0.2) is 23.0 Å². The first-order chi connectivity index (χ1) is 16.8. The summed E-state index contributed by atoms with van der Waals surface area (Å²) in [6, 6.07) is 3.34. The molecule has 1 N–H and O–H groups in total. The fourth-order valence-corrected chi connectivity index (χ4v) is 5.01. The minimum absolute atomic E-state index is 0.0109. The van der Waals surface area contributed by atoms with E-state index in [4.69, 9.17) is 11.6 Å². The van der Waals surface area contributed by atoms with Gasteiger partial charge in [0.05, 0.1) is 16.6 Å². The number of nitrogens with zero attached hydrogens (tertiary/aromatic N) is 2. The zero-order valence-corrected chi connectivity index (χ0v) is 21.6. The van der Waals surface area contributed by atoms with Gasteiger partial charge < -0.3 is 4.98 Å². The highest BCUT2D eigenvalue weighted by Gasteiger charge is 2.32. The summed E-state index contributed by atoms with van der Waals surface area (Å²) in [5.41, 5.74) is -0.206. The Kier molecular flexibility index (Phi) is 10.1. The molecular formula is C27H37ClF3N3O. The molecule has 1 aromatic rings. The molecule has 35 heavy (non-hydrogen) atoms. The lowest BCUT2D eigenvalue weighted by Crippen LogP contribution is -2.22. The van der Waals surface area contributed by atoms with Crippen molar-refractivity contribution in [3.63, 3.8) is 0 Å². The van der Waals surface area contributed by atoms with E-state index in [0.717, 1.165) is 57.1 Å². The van der Waals surface area contributed by atoms with Crippen molar-refractivity contribution in [2.75, 3.05) is 0 Å². The highest BCUT2D eigenvalue weighted by atomic mass is 35.5. The van der Waals surface area contributed by atoms with E-state index >= 15 is 0 Å². The largest absolute Gasteiger partial charge is 0.416 e. The molecule has 2 heterocycles. The third-order valence-corrected chi connectivity index (χ3v) is 7.14. The Bertz CT molecular complexity index is 1110. The zero-order valence-electron chi connectivity index (χ0n) is 20.8. The van der Waals surface area contributed by atoms with Gasteiger partial charge in [-0.2, -0.15) is 13.2 Å². The van der Waals surface area contributed by atoms with Crippen molar-refractivity contribution >= 4 is 22.6 Å². The van der Waals surface area contributed by atoms with Crippen LogP contribution in [-0.2, 0) is 6.18 Å². The van der Waals surface area contributed by atoms with E-state index in [1.165, 1.54) is 44.6 Å². The Morgan fingerprint density at radius 2 is 1.51 bits per heavy atom. The van der Waals surface area contributed by atoms with Gasteiger partial charge in [-0.15, -0.1) is 0 Å². The maximum absolute atomic E-state index is 13.2. The van der Waals surface area contributed by atoms with E-state index in [1.807, 2.05) is 0 Å². The molecular weight excluding hydrogens is 475 g/mol. The Labute approximate surface area is 210 Å². The van der Waals surface area contributed by atoms with E-state index in [-0.39, 0.29) is 22.1 Å². The summed E-state index contributed by atoms with van der Waals surface area (Å²) in [4.78, 5) is 20.8. The highest BCUT2D eigenvalue weighted by molar-refractivity contribution is 6.33. The average Bonchev–Trinajstić information content (AvgIpc) is 3.06. The molecule has 0 fully saturated rings. The van der Waals surface area contributed by atoms with E-state index in [2.05, 4.69) is 23.8 Å². The third kappa shape index (κ3) is 7.02. The van der Waals surface area contributed by atoms with Crippen molar-refractivity contribution in [3.8, 4) is 11.5 Å². The summed E-state index contributed by atoms with van der Waals surface area (Å²) < 4.78 is 41.2. The fourth-order valence-electron chi connectivity index (χ4n) is 4.79. The summed E-state index contributed by atoms with van der Waals surface area (Å²) in [5, 5.41) is -0.0109. The Hall–Kier alpha value is -2.02.